The van der Waals surface area contributed by atoms with Crippen LogP contribution in [-0.4, -0.2) is 24.9 Å². The second kappa shape index (κ2) is 19.5. The minimum Gasteiger partial charge on any atom is -0.352 e. The minimum atomic E-state index is -0.0564. The van der Waals surface area contributed by atoms with Gasteiger partial charge in [0.25, 0.3) is 0 Å². The molecule has 2 N–H and O–H groups in total. The van der Waals surface area contributed by atoms with Gasteiger partial charge in [0, 0.05) is 38.7 Å². The van der Waals surface area contributed by atoms with Gasteiger partial charge in [-0.25, -0.2) is 0 Å². The van der Waals surface area contributed by atoms with Crippen molar-refractivity contribution in [2.24, 2.45) is 10.8 Å². The van der Waals surface area contributed by atoms with Gasteiger partial charge in [-0.15, -0.1) is 0 Å². The predicted octanol–water partition coefficient (Wildman–Crippen LogP) is 12.8. The molecule has 276 valence electrons. The molecule has 0 bridgehead atoms. The summed E-state index contributed by atoms with van der Waals surface area (Å²) < 4.78 is 3.31. The fraction of sp³-hybridized carbons (Fsp3) is 0.261. The van der Waals surface area contributed by atoms with Crippen molar-refractivity contribution < 1.29 is 9.59 Å². The van der Waals surface area contributed by atoms with E-state index in [4.69, 9.17) is 0 Å². The van der Waals surface area contributed by atoms with Gasteiger partial charge in [0.1, 0.15) is 0 Å². The largest absolute Gasteiger partial charge is 0.352 e. The smallest absolute Gasteiger partial charge is 0.243 e. The zero-order chi connectivity index (χ0) is 38.6. The molecule has 0 aliphatic carbocycles. The maximum Gasteiger partial charge on any atom is 0.243 e. The molecule has 4 nitrogen and oxygen atoms in total. The first-order valence-corrected chi connectivity index (χ1v) is 20.2. The third-order valence-corrected chi connectivity index (χ3v) is 10.2. The van der Waals surface area contributed by atoms with E-state index in [1.165, 1.54) is 43.4 Å². The van der Waals surface area contributed by atoms with E-state index in [2.05, 4.69) is 179 Å². The molecule has 0 aromatic heterocycles. The van der Waals surface area contributed by atoms with Crippen LogP contribution in [0.2, 0.25) is 0 Å². The topological polar surface area (TPSA) is 58.2 Å². The van der Waals surface area contributed by atoms with Gasteiger partial charge in [-0.1, -0.05) is 180 Å². The second-order valence-electron chi connectivity index (χ2n) is 15.4. The van der Waals surface area contributed by atoms with Crippen LogP contribution < -0.4 is 10.6 Å². The number of carbonyl (C=O) groups is 2. The highest BCUT2D eigenvalue weighted by Gasteiger charge is 2.11. The molecule has 7 heteroatoms. The average molecular weight is 902 g/mol. The first kappa shape index (κ1) is 42.0. The van der Waals surface area contributed by atoms with Gasteiger partial charge in [0.05, 0.1) is 0 Å². The summed E-state index contributed by atoms with van der Waals surface area (Å²) in [5.74, 6) is -0.110. The van der Waals surface area contributed by atoms with Crippen molar-refractivity contribution in [3.63, 3.8) is 0 Å². The maximum atomic E-state index is 11.8. The number of benzene rings is 5. The van der Waals surface area contributed by atoms with Crippen molar-refractivity contribution in [3.8, 4) is 0 Å². The molecule has 0 radical (unpaired) electrons. The number of hydrogen-bond donors (Lipinski definition) is 2. The van der Waals surface area contributed by atoms with Crippen LogP contribution in [0, 0.1) is 10.8 Å². The second-order valence-corrected chi connectivity index (χ2v) is 18.0. The molecule has 0 aliphatic heterocycles. The summed E-state index contributed by atoms with van der Waals surface area (Å²) in [6, 6.07) is 27.8. The Morgan fingerprint density at radius 1 is 0.528 bits per heavy atom. The van der Waals surface area contributed by atoms with Gasteiger partial charge in [-0.2, -0.15) is 0 Å². The molecule has 53 heavy (non-hydrogen) atoms. The van der Waals surface area contributed by atoms with Crippen LogP contribution in [-0.2, 0) is 22.4 Å². The summed E-state index contributed by atoms with van der Waals surface area (Å²) in [7, 11) is 0. The lowest BCUT2D eigenvalue weighted by Crippen LogP contribution is -2.30. The zero-order valence-corrected chi connectivity index (χ0v) is 36.2. The van der Waals surface area contributed by atoms with Crippen molar-refractivity contribution in [2.75, 3.05) is 13.1 Å². The van der Waals surface area contributed by atoms with Crippen molar-refractivity contribution in [3.05, 3.63) is 152 Å². The summed E-state index contributed by atoms with van der Waals surface area (Å²) in [4.78, 5) is 23.5. The zero-order valence-electron chi connectivity index (χ0n) is 31.4. The van der Waals surface area contributed by atoms with Gasteiger partial charge >= 0.3 is 0 Å². The van der Waals surface area contributed by atoms with E-state index in [1.807, 2.05) is 24.3 Å². The van der Waals surface area contributed by atoms with Gasteiger partial charge in [0.2, 0.25) is 11.8 Å². The van der Waals surface area contributed by atoms with E-state index in [0.717, 1.165) is 26.3 Å². The minimum absolute atomic E-state index is 0.0534. The molecular formula is C46H49Br3N2O2. The third-order valence-electron chi connectivity index (χ3n) is 8.13. The number of carbonyl (C=O) groups excluding carboxylic acids is 2. The molecule has 0 atom stereocenters. The van der Waals surface area contributed by atoms with E-state index < -0.39 is 0 Å². The highest BCUT2D eigenvalue weighted by molar-refractivity contribution is 9.11. The molecule has 0 saturated carbocycles. The molecule has 0 spiro atoms. The first-order chi connectivity index (χ1) is 25.1. The Balaban J connectivity index is 0.000000238. The summed E-state index contributed by atoms with van der Waals surface area (Å²) in [6.07, 6.45) is 16.4. The number of rotatable bonds is 10. The van der Waals surface area contributed by atoms with Crippen LogP contribution in [0.15, 0.2) is 141 Å². The van der Waals surface area contributed by atoms with Gasteiger partial charge in [-0.05, 0) is 91.4 Å². The Hall–Kier alpha value is -3.78. The summed E-state index contributed by atoms with van der Waals surface area (Å²) >= 11 is 10.9. The molecule has 5 rings (SSSR count). The van der Waals surface area contributed by atoms with Crippen molar-refractivity contribution >= 4 is 91.9 Å². The Bertz CT molecular complexity index is 2180. The van der Waals surface area contributed by atoms with Crippen molar-refractivity contribution in [1.82, 2.24) is 10.6 Å². The fourth-order valence-electron chi connectivity index (χ4n) is 5.35. The molecule has 0 fully saturated rings. The molecule has 0 aliphatic rings. The van der Waals surface area contributed by atoms with E-state index >= 15 is 0 Å². The molecule has 2 amide bonds. The van der Waals surface area contributed by atoms with E-state index in [0.29, 0.717) is 13.1 Å². The highest BCUT2D eigenvalue weighted by Crippen LogP contribution is 2.33. The summed E-state index contributed by atoms with van der Waals surface area (Å²) in [6.45, 7) is 13.9. The lowest BCUT2D eigenvalue weighted by atomic mass is 9.97. The highest BCUT2D eigenvalue weighted by atomic mass is 79.9. The Morgan fingerprint density at radius 3 is 1.55 bits per heavy atom. The molecule has 0 unspecified atom stereocenters. The summed E-state index contributed by atoms with van der Waals surface area (Å²) in [5, 5.41) is 13.2. The van der Waals surface area contributed by atoms with Crippen LogP contribution in [0.5, 0.6) is 0 Å². The quantitative estimate of drug-likeness (QED) is 0.0833. The van der Waals surface area contributed by atoms with Gasteiger partial charge in [0.15, 0.2) is 0 Å². The predicted molar refractivity (Wildman–Crippen MR) is 237 cm³/mol. The summed E-state index contributed by atoms with van der Waals surface area (Å²) in [5.41, 5.74) is 2.67. The van der Waals surface area contributed by atoms with Gasteiger partial charge < -0.3 is 10.6 Å². The van der Waals surface area contributed by atoms with E-state index in [1.54, 1.807) is 24.3 Å². The number of allylic oxidation sites excluding steroid dienone is 6. The average Bonchev–Trinajstić information content (AvgIpc) is 3.11. The molecule has 0 saturated heterocycles. The lowest BCUT2D eigenvalue weighted by Gasteiger charge is -2.17. The van der Waals surface area contributed by atoms with Crippen LogP contribution in [0.4, 0.5) is 0 Å². The molecular weight excluding hydrogens is 852 g/mol. The molecule has 0 heterocycles. The van der Waals surface area contributed by atoms with Crippen molar-refractivity contribution in [1.29, 1.82) is 0 Å². The monoisotopic (exact) mass is 898 g/mol. The number of hydrogen-bond acceptors (Lipinski definition) is 2. The van der Waals surface area contributed by atoms with Crippen LogP contribution >= 0.6 is 47.8 Å². The van der Waals surface area contributed by atoms with E-state index in [-0.39, 0.29) is 22.6 Å². The maximum absolute atomic E-state index is 11.8. The van der Waals surface area contributed by atoms with Crippen LogP contribution in [0.3, 0.4) is 0 Å². The third kappa shape index (κ3) is 13.9. The number of nitrogens with one attached hydrogen (secondary N) is 2. The number of fused-ring (bicyclic) bond motifs is 4. The Morgan fingerprint density at radius 2 is 1.00 bits per heavy atom. The van der Waals surface area contributed by atoms with E-state index in [9.17, 15) is 9.59 Å². The normalized spacial score (nSPS) is 12.4. The van der Waals surface area contributed by atoms with Crippen molar-refractivity contribution in [2.45, 2.75) is 54.4 Å². The fourth-order valence-corrected chi connectivity index (χ4v) is 6.88. The van der Waals surface area contributed by atoms with Gasteiger partial charge in [-0.3, -0.25) is 9.59 Å². The number of halogens is 3. The SMILES string of the molecule is CC(C)(C)CNC(=O)/C=C/C=C/Cc1ccc2c(Br)ccc(Br)c2c1.CC(C)(C)CNC(=O)/C=C/C=C/Cc1ccc2cc(Br)c3ccccc3c2c1. The first-order valence-electron chi connectivity index (χ1n) is 17.8. The Labute approximate surface area is 340 Å². The van der Waals surface area contributed by atoms with Crippen LogP contribution in [0.1, 0.15) is 52.7 Å². The van der Waals surface area contributed by atoms with Crippen LogP contribution in [0.25, 0.3) is 32.3 Å². The Kier molecular flexibility index (Phi) is 15.5. The molecule has 5 aromatic carbocycles. The lowest BCUT2D eigenvalue weighted by molar-refractivity contribution is -0.117. The number of amides is 2. The standard InChI is InChI=1S/C25H26BrNO.C21H23Br2NO/c1-25(2,3)17-27-24(28)12-6-4-5-9-18-13-14-19-16-23(26)21-11-8-7-10-20(21)22(19)15-18;1-21(2,3)14-24-20(25)8-6-4-5-7-15-9-10-16-17(13-15)19(23)12-11-18(16)22/h4-8,10-16H,9,17H2,1-3H3,(H,27,28);4-6,8-13H,7,14H2,1-3H3,(H,24,25)/b5-4+,12-6+;5-4+,8-6+. The molecule has 5 aromatic rings.